The first-order chi connectivity index (χ1) is 11.0. The zero-order chi connectivity index (χ0) is 17.0. The van der Waals surface area contributed by atoms with E-state index in [1.807, 2.05) is 17.5 Å². The highest BCUT2D eigenvalue weighted by atomic mass is 79.9. The molecule has 0 N–H and O–H groups in total. The molecule has 0 fully saturated rings. The van der Waals surface area contributed by atoms with Gasteiger partial charge in [-0.15, -0.1) is 11.3 Å². The van der Waals surface area contributed by atoms with Crippen molar-refractivity contribution in [1.82, 2.24) is 0 Å². The summed E-state index contributed by atoms with van der Waals surface area (Å²) in [6, 6.07) is 3.84. The number of hydrogen-bond acceptors (Lipinski definition) is 2. The van der Waals surface area contributed by atoms with Gasteiger partial charge in [-0.25, -0.2) is 0 Å². The first kappa shape index (κ1) is 21.4. The molecular formula is C19H30Br2OS. The number of halogens is 2. The van der Waals surface area contributed by atoms with Crippen LogP contribution in [0.1, 0.15) is 93.6 Å². The minimum Gasteiger partial charge on any atom is -0.293 e. The second-order valence-corrected chi connectivity index (χ2v) is 11.4. The average molecular weight is 466 g/mol. The summed E-state index contributed by atoms with van der Waals surface area (Å²) in [4.78, 5) is 13.0. The predicted octanol–water partition coefficient (Wildman–Crippen LogP) is 8.12. The number of carbonyl (C=O) groups excluding carboxylic acids is 1. The first-order valence-electron chi connectivity index (χ1n) is 9.00. The van der Waals surface area contributed by atoms with Crippen molar-refractivity contribution in [1.29, 1.82) is 0 Å². The Morgan fingerprint density at radius 2 is 1.57 bits per heavy atom. The zero-order valence-corrected chi connectivity index (χ0v) is 18.3. The molecule has 0 aliphatic heterocycles. The van der Waals surface area contributed by atoms with Crippen LogP contribution in [0.2, 0.25) is 0 Å². The molecule has 1 aromatic rings. The van der Waals surface area contributed by atoms with Gasteiger partial charge in [0.25, 0.3) is 0 Å². The number of carbonyl (C=O) groups is 1. The van der Waals surface area contributed by atoms with E-state index in [4.69, 9.17) is 0 Å². The van der Waals surface area contributed by atoms with E-state index >= 15 is 0 Å². The maximum absolute atomic E-state index is 12.2. The van der Waals surface area contributed by atoms with Crippen LogP contribution in [-0.4, -0.2) is 9.02 Å². The molecule has 0 aliphatic rings. The maximum Gasteiger partial charge on any atom is 0.175 e. The molecule has 0 aromatic carbocycles. The standard InChI is InChI=1S/C19H30Br2OS/c1-2-3-4-5-6-7-8-9-10-11-14-19(20,21)16-17(22)18-13-12-15-23-18/h12-13,15H,2-11,14,16H2,1H3. The van der Waals surface area contributed by atoms with Gasteiger partial charge in [0.1, 0.15) is 0 Å². The van der Waals surface area contributed by atoms with Gasteiger partial charge < -0.3 is 0 Å². The summed E-state index contributed by atoms with van der Waals surface area (Å²) < 4.78 is -0.235. The van der Waals surface area contributed by atoms with E-state index in [-0.39, 0.29) is 9.02 Å². The van der Waals surface area contributed by atoms with Gasteiger partial charge in [0.15, 0.2) is 5.78 Å². The first-order valence-corrected chi connectivity index (χ1v) is 11.5. The van der Waals surface area contributed by atoms with E-state index in [0.29, 0.717) is 6.42 Å². The molecule has 1 aromatic heterocycles. The monoisotopic (exact) mass is 464 g/mol. The van der Waals surface area contributed by atoms with Crippen molar-refractivity contribution < 1.29 is 4.79 Å². The quantitative estimate of drug-likeness (QED) is 0.154. The van der Waals surface area contributed by atoms with E-state index < -0.39 is 0 Å². The van der Waals surface area contributed by atoms with E-state index in [9.17, 15) is 4.79 Å². The van der Waals surface area contributed by atoms with Crippen LogP contribution in [0.4, 0.5) is 0 Å². The summed E-state index contributed by atoms with van der Waals surface area (Å²) in [5.41, 5.74) is 0. The van der Waals surface area contributed by atoms with Gasteiger partial charge in [-0.05, 0) is 17.9 Å². The molecular weight excluding hydrogens is 436 g/mol. The van der Waals surface area contributed by atoms with Crippen LogP contribution in [0.25, 0.3) is 0 Å². The number of ketones is 1. The number of unbranched alkanes of at least 4 members (excludes halogenated alkanes) is 9. The molecule has 1 rings (SSSR count). The fraction of sp³-hybridized carbons (Fsp3) is 0.737. The van der Waals surface area contributed by atoms with Crippen molar-refractivity contribution in [2.75, 3.05) is 0 Å². The summed E-state index contributed by atoms with van der Waals surface area (Å²) in [6.45, 7) is 2.27. The Balaban J connectivity index is 2.02. The van der Waals surface area contributed by atoms with Gasteiger partial charge in [0.2, 0.25) is 0 Å². The van der Waals surface area contributed by atoms with Gasteiger partial charge in [-0.1, -0.05) is 109 Å². The van der Waals surface area contributed by atoms with Crippen LogP contribution < -0.4 is 0 Å². The molecule has 0 spiro atoms. The second kappa shape index (κ2) is 12.7. The predicted molar refractivity (Wildman–Crippen MR) is 110 cm³/mol. The molecule has 0 saturated carbocycles. The van der Waals surface area contributed by atoms with E-state index in [2.05, 4.69) is 38.8 Å². The number of alkyl halides is 2. The molecule has 0 atom stereocenters. The lowest BCUT2D eigenvalue weighted by Crippen LogP contribution is -2.16. The van der Waals surface area contributed by atoms with Crippen LogP contribution in [0.15, 0.2) is 17.5 Å². The van der Waals surface area contributed by atoms with Crippen molar-refractivity contribution in [2.45, 2.75) is 87.2 Å². The van der Waals surface area contributed by atoms with E-state index in [0.717, 1.165) is 11.3 Å². The zero-order valence-electron chi connectivity index (χ0n) is 14.3. The Labute approximate surface area is 162 Å². The average Bonchev–Trinajstić information content (AvgIpc) is 3.03. The maximum atomic E-state index is 12.2. The molecule has 1 nitrogen and oxygen atoms in total. The lowest BCUT2D eigenvalue weighted by atomic mass is 10.0. The fourth-order valence-corrected chi connectivity index (χ4v) is 4.45. The SMILES string of the molecule is CCCCCCCCCCCCC(Br)(Br)CC(=O)c1cccs1. The molecule has 1 heterocycles. The Kier molecular flexibility index (Phi) is 11.8. The highest BCUT2D eigenvalue weighted by molar-refractivity contribution is 9.25. The Hall–Kier alpha value is 0.330. The number of rotatable bonds is 14. The van der Waals surface area contributed by atoms with Gasteiger partial charge >= 0.3 is 0 Å². The molecule has 4 heteroatoms. The third-order valence-electron chi connectivity index (χ3n) is 4.11. The van der Waals surface area contributed by atoms with Crippen LogP contribution in [0, 0.1) is 0 Å². The number of thiophene rings is 1. The third kappa shape index (κ3) is 10.7. The summed E-state index contributed by atoms with van der Waals surface area (Å²) in [5, 5.41) is 1.96. The fourth-order valence-electron chi connectivity index (χ4n) is 2.72. The van der Waals surface area contributed by atoms with Gasteiger partial charge in [0, 0.05) is 6.42 Å². The molecule has 23 heavy (non-hydrogen) atoms. The van der Waals surface area contributed by atoms with Gasteiger partial charge in [0.05, 0.1) is 8.11 Å². The topological polar surface area (TPSA) is 17.1 Å². The number of Topliss-reactive ketones (excluding diaryl/α,β-unsaturated/α-hetero) is 1. The van der Waals surface area contributed by atoms with Crippen LogP contribution >= 0.6 is 43.2 Å². The lowest BCUT2D eigenvalue weighted by Gasteiger charge is -2.19. The highest BCUT2D eigenvalue weighted by Gasteiger charge is 2.26. The summed E-state index contributed by atoms with van der Waals surface area (Å²) >= 11 is 8.90. The van der Waals surface area contributed by atoms with Gasteiger partial charge in [-0.2, -0.15) is 0 Å². The van der Waals surface area contributed by atoms with Crippen molar-refractivity contribution in [3.05, 3.63) is 22.4 Å². The normalized spacial score (nSPS) is 11.8. The van der Waals surface area contributed by atoms with Crippen molar-refractivity contribution >= 4 is 49.0 Å². The van der Waals surface area contributed by atoms with Crippen LogP contribution in [0.5, 0.6) is 0 Å². The third-order valence-corrected chi connectivity index (χ3v) is 6.38. The van der Waals surface area contributed by atoms with Crippen LogP contribution in [0.3, 0.4) is 0 Å². The Morgan fingerprint density at radius 1 is 1.00 bits per heavy atom. The van der Waals surface area contributed by atoms with Gasteiger partial charge in [-0.3, -0.25) is 4.79 Å². The van der Waals surface area contributed by atoms with Crippen LogP contribution in [-0.2, 0) is 0 Å². The molecule has 0 amide bonds. The van der Waals surface area contributed by atoms with Crippen molar-refractivity contribution in [3.63, 3.8) is 0 Å². The summed E-state index contributed by atoms with van der Waals surface area (Å²) in [5.74, 6) is 0.223. The Bertz CT molecular complexity index is 415. The molecule has 0 saturated heterocycles. The molecule has 0 radical (unpaired) electrons. The Morgan fingerprint density at radius 3 is 2.09 bits per heavy atom. The smallest absolute Gasteiger partial charge is 0.175 e. The highest BCUT2D eigenvalue weighted by Crippen LogP contribution is 2.37. The lowest BCUT2D eigenvalue weighted by molar-refractivity contribution is 0.0983. The van der Waals surface area contributed by atoms with E-state index in [1.54, 1.807) is 0 Å². The van der Waals surface area contributed by atoms with Crippen molar-refractivity contribution in [3.8, 4) is 0 Å². The molecule has 0 aliphatic carbocycles. The molecule has 0 unspecified atom stereocenters. The number of hydrogen-bond donors (Lipinski definition) is 0. The largest absolute Gasteiger partial charge is 0.293 e. The molecule has 0 bridgehead atoms. The summed E-state index contributed by atoms with van der Waals surface area (Å²) in [7, 11) is 0. The van der Waals surface area contributed by atoms with Crippen molar-refractivity contribution in [2.24, 2.45) is 0 Å². The summed E-state index contributed by atoms with van der Waals surface area (Å²) in [6.07, 6.45) is 15.0. The minimum atomic E-state index is -0.235. The molecule has 132 valence electrons. The minimum absolute atomic E-state index is 0.223. The second-order valence-electron chi connectivity index (χ2n) is 6.37. The van der Waals surface area contributed by atoms with E-state index in [1.165, 1.54) is 75.5 Å².